The van der Waals surface area contributed by atoms with Crippen LogP contribution in [-0.2, 0) is 11.3 Å². The van der Waals surface area contributed by atoms with Crippen LogP contribution in [0, 0.1) is 0 Å². The Bertz CT molecular complexity index is 540. The average molecular weight is 494 g/mol. The maximum Gasteiger partial charge on any atom is 0.191 e. The summed E-state index contributed by atoms with van der Waals surface area (Å²) >= 11 is 0. The van der Waals surface area contributed by atoms with Gasteiger partial charge in [0.15, 0.2) is 17.5 Å². The maximum atomic E-state index is 5.89. The number of benzene rings is 1. The van der Waals surface area contributed by atoms with E-state index in [1.54, 1.807) is 21.3 Å². The first-order valence-corrected chi connectivity index (χ1v) is 9.13. The lowest BCUT2D eigenvalue weighted by Crippen LogP contribution is -2.38. The topological polar surface area (TPSA) is 67.4 Å². The molecule has 1 aromatic carbocycles. The molecule has 0 aliphatic heterocycles. The van der Waals surface area contributed by atoms with Crippen LogP contribution in [0.5, 0.6) is 11.5 Å². The van der Waals surface area contributed by atoms with E-state index >= 15 is 0 Å². The minimum Gasteiger partial charge on any atom is -0.493 e. The van der Waals surface area contributed by atoms with Gasteiger partial charge in [-0.15, -0.1) is 24.0 Å². The molecular weight excluding hydrogens is 459 g/mol. The molecule has 0 saturated carbocycles. The van der Waals surface area contributed by atoms with Gasteiger partial charge in [0.05, 0.1) is 13.7 Å². The SMILES string of the molecule is CCN(CC)CCOc1ccc(CNC(=NC)NCCOC)cc1OC.I. The van der Waals surface area contributed by atoms with Crippen LogP contribution in [-0.4, -0.2) is 71.5 Å². The van der Waals surface area contributed by atoms with Gasteiger partial charge < -0.3 is 29.7 Å². The van der Waals surface area contributed by atoms with Crippen molar-refractivity contribution < 1.29 is 14.2 Å². The second-order valence-corrected chi connectivity index (χ2v) is 5.71. The van der Waals surface area contributed by atoms with Gasteiger partial charge >= 0.3 is 0 Å². The zero-order valence-corrected chi connectivity index (χ0v) is 19.5. The molecule has 0 heterocycles. The van der Waals surface area contributed by atoms with Crippen LogP contribution >= 0.6 is 24.0 Å². The van der Waals surface area contributed by atoms with Crippen LogP contribution in [0.15, 0.2) is 23.2 Å². The zero-order valence-electron chi connectivity index (χ0n) is 17.2. The summed E-state index contributed by atoms with van der Waals surface area (Å²) in [5, 5.41) is 6.45. The van der Waals surface area contributed by atoms with Gasteiger partial charge in [-0.25, -0.2) is 0 Å². The Balaban J connectivity index is 0.00000676. The Kier molecular flexibility index (Phi) is 15.0. The number of hydrogen-bond acceptors (Lipinski definition) is 5. The van der Waals surface area contributed by atoms with Gasteiger partial charge in [0.1, 0.15) is 6.61 Å². The van der Waals surface area contributed by atoms with E-state index in [-0.39, 0.29) is 24.0 Å². The predicted molar refractivity (Wildman–Crippen MR) is 122 cm³/mol. The monoisotopic (exact) mass is 494 g/mol. The van der Waals surface area contributed by atoms with E-state index in [4.69, 9.17) is 14.2 Å². The number of halogens is 1. The van der Waals surface area contributed by atoms with Gasteiger partial charge in [0, 0.05) is 33.8 Å². The van der Waals surface area contributed by atoms with Crippen molar-refractivity contribution in [2.45, 2.75) is 20.4 Å². The highest BCUT2D eigenvalue weighted by Gasteiger charge is 2.07. The summed E-state index contributed by atoms with van der Waals surface area (Å²) in [6.45, 7) is 9.90. The molecule has 0 bridgehead atoms. The largest absolute Gasteiger partial charge is 0.493 e. The molecule has 0 spiro atoms. The third-order valence-electron chi connectivity index (χ3n) is 4.07. The van der Waals surface area contributed by atoms with E-state index in [0.717, 1.165) is 42.7 Å². The van der Waals surface area contributed by atoms with Crippen molar-refractivity contribution in [3.8, 4) is 11.5 Å². The minimum absolute atomic E-state index is 0. The molecular formula is C19H35IN4O3. The summed E-state index contributed by atoms with van der Waals surface area (Å²) in [4.78, 5) is 6.51. The van der Waals surface area contributed by atoms with Crippen molar-refractivity contribution in [2.24, 2.45) is 4.99 Å². The summed E-state index contributed by atoms with van der Waals surface area (Å²) in [5.41, 5.74) is 1.09. The van der Waals surface area contributed by atoms with E-state index < -0.39 is 0 Å². The lowest BCUT2D eigenvalue weighted by molar-refractivity contribution is 0.203. The molecule has 0 aromatic heterocycles. The van der Waals surface area contributed by atoms with E-state index in [0.29, 0.717) is 26.3 Å². The first-order chi connectivity index (χ1) is 12.7. The number of aliphatic imine (C=N–C) groups is 1. The van der Waals surface area contributed by atoms with E-state index in [9.17, 15) is 0 Å². The quantitative estimate of drug-likeness (QED) is 0.201. The summed E-state index contributed by atoms with van der Waals surface area (Å²) in [7, 11) is 5.08. The van der Waals surface area contributed by atoms with Gasteiger partial charge in [-0.2, -0.15) is 0 Å². The lowest BCUT2D eigenvalue weighted by atomic mass is 10.2. The standard InChI is InChI=1S/C19H34N4O3.HI/c1-6-23(7-2)11-13-26-17-9-8-16(14-18(17)25-5)15-22-19(20-3)21-10-12-24-4;/h8-9,14H,6-7,10-13,15H2,1-5H3,(H2,20,21,22);1H. The molecule has 0 fully saturated rings. The fraction of sp³-hybridized carbons (Fsp3) is 0.632. The number of nitrogens with zero attached hydrogens (tertiary/aromatic N) is 2. The molecule has 0 aliphatic carbocycles. The first-order valence-electron chi connectivity index (χ1n) is 9.13. The summed E-state index contributed by atoms with van der Waals surface area (Å²) in [6.07, 6.45) is 0. The molecule has 1 rings (SSSR count). The predicted octanol–water partition coefficient (Wildman–Crippen LogP) is 2.35. The average Bonchev–Trinajstić information content (AvgIpc) is 2.68. The Morgan fingerprint density at radius 3 is 2.41 bits per heavy atom. The number of likely N-dealkylation sites (N-methyl/N-ethyl adjacent to an activating group) is 1. The fourth-order valence-electron chi connectivity index (χ4n) is 2.44. The molecule has 8 heteroatoms. The number of methoxy groups -OCH3 is 2. The lowest BCUT2D eigenvalue weighted by Gasteiger charge is -2.19. The van der Waals surface area contributed by atoms with Crippen molar-refractivity contribution in [2.75, 3.05) is 60.7 Å². The highest BCUT2D eigenvalue weighted by atomic mass is 127. The second-order valence-electron chi connectivity index (χ2n) is 5.71. The van der Waals surface area contributed by atoms with Gasteiger partial charge in [-0.05, 0) is 30.8 Å². The van der Waals surface area contributed by atoms with Crippen LogP contribution in [0.25, 0.3) is 0 Å². The molecule has 7 nitrogen and oxygen atoms in total. The number of nitrogens with one attached hydrogen (secondary N) is 2. The molecule has 0 unspecified atom stereocenters. The van der Waals surface area contributed by atoms with Crippen LogP contribution in [0.4, 0.5) is 0 Å². The van der Waals surface area contributed by atoms with E-state index in [1.807, 2.05) is 18.2 Å². The molecule has 0 saturated heterocycles. The molecule has 0 amide bonds. The Labute approximate surface area is 180 Å². The summed E-state index contributed by atoms with van der Waals surface area (Å²) < 4.78 is 16.4. The van der Waals surface area contributed by atoms with Gasteiger partial charge in [-0.1, -0.05) is 19.9 Å². The maximum absolute atomic E-state index is 5.89. The number of rotatable bonds is 12. The number of hydrogen-bond donors (Lipinski definition) is 2. The smallest absolute Gasteiger partial charge is 0.191 e. The molecule has 156 valence electrons. The molecule has 0 radical (unpaired) electrons. The van der Waals surface area contributed by atoms with Gasteiger partial charge in [-0.3, -0.25) is 4.99 Å². The third kappa shape index (κ3) is 10.0. The Morgan fingerprint density at radius 2 is 1.81 bits per heavy atom. The van der Waals surface area contributed by atoms with E-state index in [1.165, 1.54) is 0 Å². The van der Waals surface area contributed by atoms with Crippen molar-refractivity contribution >= 4 is 29.9 Å². The Hall–Kier alpha value is -1.26. The molecule has 27 heavy (non-hydrogen) atoms. The third-order valence-corrected chi connectivity index (χ3v) is 4.07. The normalized spacial score (nSPS) is 11.1. The summed E-state index contributed by atoms with van der Waals surface area (Å²) in [5.74, 6) is 2.25. The molecule has 0 atom stereocenters. The van der Waals surface area contributed by atoms with Gasteiger partial charge in [0.25, 0.3) is 0 Å². The van der Waals surface area contributed by atoms with Crippen molar-refractivity contribution in [1.29, 1.82) is 0 Å². The van der Waals surface area contributed by atoms with Crippen LogP contribution in [0.2, 0.25) is 0 Å². The molecule has 1 aromatic rings. The molecule has 2 N–H and O–H groups in total. The Morgan fingerprint density at radius 1 is 1.07 bits per heavy atom. The molecule has 0 aliphatic rings. The van der Waals surface area contributed by atoms with Crippen LogP contribution in [0.3, 0.4) is 0 Å². The highest BCUT2D eigenvalue weighted by Crippen LogP contribution is 2.28. The summed E-state index contributed by atoms with van der Waals surface area (Å²) in [6, 6.07) is 5.98. The zero-order chi connectivity index (χ0) is 19.2. The fourth-order valence-corrected chi connectivity index (χ4v) is 2.44. The first kappa shape index (κ1) is 25.7. The number of guanidine groups is 1. The second kappa shape index (κ2) is 15.8. The highest BCUT2D eigenvalue weighted by molar-refractivity contribution is 14.0. The minimum atomic E-state index is 0. The van der Waals surface area contributed by atoms with E-state index in [2.05, 4.69) is 34.4 Å². The van der Waals surface area contributed by atoms with Crippen molar-refractivity contribution in [3.05, 3.63) is 23.8 Å². The van der Waals surface area contributed by atoms with Crippen molar-refractivity contribution in [1.82, 2.24) is 15.5 Å². The van der Waals surface area contributed by atoms with Crippen LogP contribution in [0.1, 0.15) is 19.4 Å². The van der Waals surface area contributed by atoms with Crippen LogP contribution < -0.4 is 20.1 Å². The number of ether oxygens (including phenoxy) is 3. The van der Waals surface area contributed by atoms with Gasteiger partial charge in [0.2, 0.25) is 0 Å². The van der Waals surface area contributed by atoms with Crippen molar-refractivity contribution in [3.63, 3.8) is 0 Å².